The molecule has 0 unspecified atom stereocenters. The second-order valence-electron chi connectivity index (χ2n) is 9.16. The van der Waals surface area contributed by atoms with Gasteiger partial charge in [-0.25, -0.2) is 13.8 Å². The lowest BCUT2D eigenvalue weighted by molar-refractivity contribution is -0.126. The van der Waals surface area contributed by atoms with Crippen molar-refractivity contribution in [1.29, 1.82) is 0 Å². The molecule has 214 valence electrons. The van der Waals surface area contributed by atoms with Gasteiger partial charge in [0.25, 0.3) is 11.5 Å². The lowest BCUT2D eigenvalue weighted by atomic mass is 10.2. The van der Waals surface area contributed by atoms with Crippen LogP contribution >= 0.6 is 0 Å². The second kappa shape index (κ2) is 12.4. The molecule has 1 aliphatic heterocycles. The monoisotopic (exact) mass is 573 g/mol. The summed E-state index contributed by atoms with van der Waals surface area (Å²) in [6.45, 7) is 2.56. The molecule has 5 rings (SSSR count). The fraction of sp³-hybridized carbons (Fsp3) is 0.138. The van der Waals surface area contributed by atoms with E-state index in [9.17, 15) is 18.8 Å². The standard InChI is InChI=1S/C29H25F2N7O4/c30-18-1-4-20(5-2-18)38-29(41)22(9-12-35-38)28(40)36-19-3-7-25(23(31)17-19)42-24-10-11-34-27(32)21(24)6-8-26(39)37-15-13-33-14-16-37/h1-12,17,33H,13-16H2,(H2,32,34)(H,36,40). The Hall–Kier alpha value is -5.43. The zero-order valence-electron chi connectivity index (χ0n) is 22.1. The highest BCUT2D eigenvalue weighted by Gasteiger charge is 2.17. The molecule has 0 atom stereocenters. The third-order valence-electron chi connectivity index (χ3n) is 6.37. The maximum absolute atomic E-state index is 15.1. The van der Waals surface area contributed by atoms with Gasteiger partial charge in [-0.1, -0.05) is 0 Å². The topological polar surface area (TPSA) is 144 Å². The van der Waals surface area contributed by atoms with Gasteiger partial charge >= 0.3 is 0 Å². The minimum Gasteiger partial charge on any atom is -0.453 e. The number of carbonyl (C=O) groups is 2. The van der Waals surface area contributed by atoms with Crippen molar-refractivity contribution < 1.29 is 23.1 Å². The number of nitrogens with zero attached hydrogens (tertiary/aromatic N) is 4. The van der Waals surface area contributed by atoms with E-state index in [2.05, 4.69) is 20.7 Å². The van der Waals surface area contributed by atoms with Crippen molar-refractivity contribution in [2.45, 2.75) is 0 Å². The second-order valence-corrected chi connectivity index (χ2v) is 9.16. The minimum atomic E-state index is -0.812. The summed E-state index contributed by atoms with van der Waals surface area (Å²) in [6, 6.07) is 11.4. The summed E-state index contributed by atoms with van der Waals surface area (Å²) < 4.78 is 35.0. The molecule has 1 aliphatic rings. The van der Waals surface area contributed by atoms with Gasteiger partial charge in [-0.3, -0.25) is 14.4 Å². The normalized spacial score (nSPS) is 13.2. The smallest absolute Gasteiger partial charge is 0.284 e. The van der Waals surface area contributed by atoms with Gasteiger partial charge in [0.2, 0.25) is 5.91 Å². The lowest BCUT2D eigenvalue weighted by Gasteiger charge is -2.26. The number of aromatic nitrogens is 3. The van der Waals surface area contributed by atoms with Gasteiger partial charge in [-0.05, 0) is 54.6 Å². The van der Waals surface area contributed by atoms with Gasteiger partial charge in [0.15, 0.2) is 11.6 Å². The molecule has 11 nitrogen and oxygen atoms in total. The van der Waals surface area contributed by atoms with Gasteiger partial charge in [0, 0.05) is 56.4 Å². The van der Waals surface area contributed by atoms with Gasteiger partial charge in [0.05, 0.1) is 11.3 Å². The summed E-state index contributed by atoms with van der Waals surface area (Å²) >= 11 is 0. The first-order chi connectivity index (χ1) is 20.3. The van der Waals surface area contributed by atoms with Crippen molar-refractivity contribution in [2.24, 2.45) is 0 Å². The van der Waals surface area contributed by atoms with E-state index < -0.39 is 23.1 Å². The number of carbonyl (C=O) groups excluding carboxylic acids is 2. The zero-order chi connectivity index (χ0) is 29.6. The molecule has 13 heteroatoms. The average Bonchev–Trinajstić information content (AvgIpc) is 2.99. The number of halogens is 2. The number of ether oxygens (including phenoxy) is 1. The Morgan fingerprint density at radius 1 is 1.00 bits per heavy atom. The molecule has 2 aromatic carbocycles. The predicted octanol–water partition coefficient (Wildman–Crippen LogP) is 2.98. The number of nitrogens with one attached hydrogen (secondary N) is 2. The van der Waals surface area contributed by atoms with Crippen LogP contribution in [0.2, 0.25) is 0 Å². The van der Waals surface area contributed by atoms with Crippen LogP contribution < -0.4 is 26.7 Å². The van der Waals surface area contributed by atoms with Crippen LogP contribution in [-0.2, 0) is 4.79 Å². The van der Waals surface area contributed by atoms with E-state index in [0.29, 0.717) is 31.7 Å². The first-order valence-electron chi connectivity index (χ1n) is 12.9. The number of nitrogens with two attached hydrogens (primary N) is 1. The van der Waals surface area contributed by atoms with Crippen LogP contribution in [0.3, 0.4) is 0 Å². The molecule has 0 spiro atoms. The number of hydrogen-bond acceptors (Lipinski definition) is 8. The summed E-state index contributed by atoms with van der Waals surface area (Å²) in [7, 11) is 0. The Morgan fingerprint density at radius 2 is 1.76 bits per heavy atom. The molecular weight excluding hydrogens is 548 g/mol. The average molecular weight is 574 g/mol. The molecule has 4 aromatic rings. The third kappa shape index (κ3) is 6.31. The molecule has 1 saturated heterocycles. The molecule has 1 fully saturated rings. The number of pyridine rings is 1. The molecule has 0 bridgehead atoms. The molecular formula is C29H25F2N7O4. The highest BCUT2D eigenvalue weighted by atomic mass is 19.1. The van der Waals surface area contributed by atoms with Crippen LogP contribution in [0, 0.1) is 11.6 Å². The number of nitrogen functional groups attached to an aromatic ring is 1. The van der Waals surface area contributed by atoms with E-state index in [1.165, 1.54) is 60.9 Å². The van der Waals surface area contributed by atoms with Gasteiger partial charge < -0.3 is 26.0 Å². The Balaban J connectivity index is 1.31. The number of amides is 2. The van der Waals surface area contributed by atoms with Crippen molar-refractivity contribution in [3.8, 4) is 17.2 Å². The molecule has 4 N–H and O–H groups in total. The summed E-state index contributed by atoms with van der Waals surface area (Å²) in [6.07, 6.45) is 5.48. The lowest BCUT2D eigenvalue weighted by Crippen LogP contribution is -2.45. The van der Waals surface area contributed by atoms with Crippen molar-refractivity contribution >= 4 is 29.4 Å². The number of hydrogen-bond donors (Lipinski definition) is 3. The number of benzene rings is 2. The molecule has 0 aliphatic carbocycles. The van der Waals surface area contributed by atoms with Gasteiger partial charge in [-0.2, -0.15) is 9.78 Å². The highest BCUT2D eigenvalue weighted by Crippen LogP contribution is 2.32. The van der Waals surface area contributed by atoms with Gasteiger partial charge in [0.1, 0.15) is 22.9 Å². The Morgan fingerprint density at radius 3 is 2.50 bits per heavy atom. The summed E-state index contributed by atoms with van der Waals surface area (Å²) in [5.74, 6) is -2.22. The molecule has 42 heavy (non-hydrogen) atoms. The summed E-state index contributed by atoms with van der Waals surface area (Å²) in [5, 5.41) is 9.59. The van der Waals surface area contributed by atoms with Crippen LogP contribution in [0.25, 0.3) is 11.8 Å². The molecule has 3 heterocycles. The number of rotatable bonds is 7. The van der Waals surface area contributed by atoms with Crippen LogP contribution in [-0.4, -0.2) is 57.7 Å². The SMILES string of the molecule is Nc1nccc(Oc2ccc(NC(=O)c3ccnn(-c4ccc(F)cc4)c3=O)cc2F)c1C=CC(=O)N1CCNCC1. The fourth-order valence-electron chi connectivity index (χ4n) is 4.20. The number of anilines is 2. The van der Waals surface area contributed by atoms with E-state index in [0.717, 1.165) is 22.9 Å². The number of piperazine rings is 1. The van der Waals surface area contributed by atoms with Crippen molar-refractivity contribution in [3.05, 3.63) is 106 Å². The third-order valence-corrected chi connectivity index (χ3v) is 6.37. The van der Waals surface area contributed by atoms with E-state index >= 15 is 4.39 Å². The summed E-state index contributed by atoms with van der Waals surface area (Å²) in [4.78, 5) is 44.0. The van der Waals surface area contributed by atoms with E-state index in [1.807, 2.05) is 0 Å². The highest BCUT2D eigenvalue weighted by molar-refractivity contribution is 6.04. The quantitative estimate of drug-likeness (QED) is 0.286. The van der Waals surface area contributed by atoms with Gasteiger partial charge in [-0.15, -0.1) is 0 Å². The maximum Gasteiger partial charge on any atom is 0.284 e. The Labute approximate surface area is 238 Å². The molecule has 0 radical (unpaired) electrons. The Kier molecular flexibility index (Phi) is 8.29. The van der Waals surface area contributed by atoms with Crippen LogP contribution in [0.4, 0.5) is 20.3 Å². The fourth-order valence-corrected chi connectivity index (χ4v) is 4.20. The Bertz CT molecular complexity index is 1720. The van der Waals surface area contributed by atoms with Crippen molar-refractivity contribution in [1.82, 2.24) is 25.0 Å². The van der Waals surface area contributed by atoms with Crippen LogP contribution in [0.5, 0.6) is 11.5 Å². The predicted molar refractivity (Wildman–Crippen MR) is 151 cm³/mol. The molecule has 2 amide bonds. The first-order valence-corrected chi connectivity index (χ1v) is 12.9. The molecule has 0 saturated carbocycles. The summed E-state index contributed by atoms with van der Waals surface area (Å²) in [5.41, 5.74) is 5.64. The van der Waals surface area contributed by atoms with E-state index in [-0.39, 0.29) is 40.2 Å². The first kappa shape index (κ1) is 28.1. The largest absolute Gasteiger partial charge is 0.453 e. The minimum absolute atomic E-state index is 0.0605. The van der Waals surface area contributed by atoms with Crippen LogP contribution in [0.15, 0.2) is 77.9 Å². The molecule has 2 aromatic heterocycles. The van der Waals surface area contributed by atoms with E-state index in [1.54, 1.807) is 4.90 Å². The van der Waals surface area contributed by atoms with Crippen molar-refractivity contribution in [2.75, 3.05) is 37.2 Å². The van der Waals surface area contributed by atoms with Crippen molar-refractivity contribution in [3.63, 3.8) is 0 Å². The maximum atomic E-state index is 15.1. The van der Waals surface area contributed by atoms with E-state index in [4.69, 9.17) is 10.5 Å². The van der Waals surface area contributed by atoms with Crippen LogP contribution in [0.1, 0.15) is 15.9 Å². The zero-order valence-corrected chi connectivity index (χ0v) is 22.1.